The summed E-state index contributed by atoms with van der Waals surface area (Å²) in [5.41, 5.74) is 0.521. The molecule has 2 fully saturated rings. The first-order chi connectivity index (χ1) is 8.80. The molecule has 3 rings (SSSR count). The highest BCUT2D eigenvalue weighted by molar-refractivity contribution is 5.92. The first kappa shape index (κ1) is 13.1. The number of aliphatic hydroxyl groups is 2. The summed E-state index contributed by atoms with van der Waals surface area (Å²) in [5, 5.41) is 21.4. The molecule has 0 aromatic rings. The third-order valence-electron chi connectivity index (χ3n) is 5.91. The van der Waals surface area contributed by atoms with Gasteiger partial charge in [-0.2, -0.15) is 0 Å². The number of esters is 1. The summed E-state index contributed by atoms with van der Waals surface area (Å²) in [6.45, 7) is 5.89. The minimum Gasteiger partial charge on any atom is -0.426 e. The topological polar surface area (TPSA) is 66.8 Å². The first-order valence-electron chi connectivity index (χ1n) is 7.15. The van der Waals surface area contributed by atoms with Gasteiger partial charge in [-0.25, -0.2) is 4.79 Å². The molecule has 106 valence electrons. The van der Waals surface area contributed by atoms with Gasteiger partial charge in [0, 0.05) is 23.0 Å². The maximum Gasteiger partial charge on any atom is 0.336 e. The van der Waals surface area contributed by atoms with Crippen LogP contribution in [0.25, 0.3) is 0 Å². The number of ether oxygens (including phenoxy) is 1. The molecule has 3 aliphatic rings. The molecule has 1 heterocycles. The van der Waals surface area contributed by atoms with E-state index in [1.165, 1.54) is 0 Å². The summed E-state index contributed by atoms with van der Waals surface area (Å²) in [5.74, 6) is -1.49. The van der Waals surface area contributed by atoms with Gasteiger partial charge < -0.3 is 14.9 Å². The number of aliphatic hydroxyl groups excluding tert-OH is 1. The van der Waals surface area contributed by atoms with Gasteiger partial charge in [-0.3, -0.25) is 0 Å². The Hall–Kier alpha value is -0.870. The van der Waals surface area contributed by atoms with Crippen molar-refractivity contribution in [2.45, 2.75) is 58.3 Å². The third kappa shape index (κ3) is 1.50. The summed E-state index contributed by atoms with van der Waals surface area (Å²) in [4.78, 5) is 11.7. The molecule has 2 saturated carbocycles. The number of rotatable bonds is 0. The minimum absolute atomic E-state index is 0.193. The van der Waals surface area contributed by atoms with Crippen LogP contribution in [0.2, 0.25) is 0 Å². The van der Waals surface area contributed by atoms with E-state index in [0.29, 0.717) is 23.5 Å². The summed E-state index contributed by atoms with van der Waals surface area (Å²) in [7, 11) is 0. The lowest BCUT2D eigenvalue weighted by Crippen LogP contribution is -2.58. The summed E-state index contributed by atoms with van der Waals surface area (Å²) < 4.78 is 5.15. The van der Waals surface area contributed by atoms with Crippen LogP contribution >= 0.6 is 0 Å². The van der Waals surface area contributed by atoms with Crippen LogP contribution in [0.4, 0.5) is 0 Å². The fourth-order valence-electron chi connectivity index (χ4n) is 4.41. The SMILES string of the molecule is CC1=C2[C@@H](O)[C@@]3(C)C(CCC[C@@H]3C)C[C@]2(O)OC1=O. The van der Waals surface area contributed by atoms with Gasteiger partial charge in [0.2, 0.25) is 5.79 Å². The molecule has 0 aromatic heterocycles. The second-order valence-corrected chi connectivity index (χ2v) is 6.71. The van der Waals surface area contributed by atoms with Crippen molar-refractivity contribution in [3.8, 4) is 0 Å². The van der Waals surface area contributed by atoms with Crippen LogP contribution in [-0.2, 0) is 9.53 Å². The highest BCUT2D eigenvalue weighted by Gasteiger charge is 2.62. The van der Waals surface area contributed by atoms with Gasteiger partial charge in [-0.05, 0) is 25.2 Å². The van der Waals surface area contributed by atoms with Crippen LogP contribution < -0.4 is 0 Å². The molecule has 4 nitrogen and oxygen atoms in total. The summed E-state index contributed by atoms with van der Waals surface area (Å²) in [6.07, 6.45) is 2.80. The van der Waals surface area contributed by atoms with E-state index in [4.69, 9.17) is 4.74 Å². The molecule has 5 atom stereocenters. The Morgan fingerprint density at radius 3 is 2.74 bits per heavy atom. The number of carbonyl (C=O) groups excluding carboxylic acids is 1. The number of carbonyl (C=O) groups is 1. The number of fused-ring (bicyclic) bond motifs is 2. The number of hydrogen-bond donors (Lipinski definition) is 2. The predicted molar refractivity (Wildman–Crippen MR) is 69.0 cm³/mol. The molecular weight excluding hydrogens is 244 g/mol. The lowest BCUT2D eigenvalue weighted by Gasteiger charge is -2.55. The molecule has 0 aromatic carbocycles. The van der Waals surface area contributed by atoms with Crippen molar-refractivity contribution in [3.63, 3.8) is 0 Å². The van der Waals surface area contributed by atoms with Crippen molar-refractivity contribution in [2.24, 2.45) is 17.3 Å². The molecule has 0 radical (unpaired) electrons. The van der Waals surface area contributed by atoms with Gasteiger partial charge >= 0.3 is 5.97 Å². The zero-order chi connectivity index (χ0) is 14.0. The van der Waals surface area contributed by atoms with Crippen molar-refractivity contribution >= 4 is 5.97 Å². The molecule has 4 heteroatoms. The van der Waals surface area contributed by atoms with E-state index < -0.39 is 17.9 Å². The Balaban J connectivity index is 2.10. The molecule has 1 unspecified atom stereocenters. The molecular formula is C15H22O4. The van der Waals surface area contributed by atoms with Crippen molar-refractivity contribution in [2.75, 3.05) is 0 Å². The second kappa shape index (κ2) is 3.83. The minimum atomic E-state index is -1.57. The van der Waals surface area contributed by atoms with Crippen LogP contribution in [0.5, 0.6) is 0 Å². The Bertz CT molecular complexity index is 469. The van der Waals surface area contributed by atoms with E-state index in [-0.39, 0.29) is 11.3 Å². The van der Waals surface area contributed by atoms with Gasteiger partial charge in [-0.15, -0.1) is 0 Å². The molecule has 2 aliphatic carbocycles. The van der Waals surface area contributed by atoms with E-state index in [2.05, 4.69) is 13.8 Å². The lowest BCUT2D eigenvalue weighted by atomic mass is 9.52. The maximum atomic E-state index is 11.7. The van der Waals surface area contributed by atoms with Crippen molar-refractivity contribution in [1.82, 2.24) is 0 Å². The van der Waals surface area contributed by atoms with Crippen LogP contribution in [0, 0.1) is 17.3 Å². The highest BCUT2D eigenvalue weighted by atomic mass is 16.7. The largest absolute Gasteiger partial charge is 0.426 e. The molecule has 0 spiro atoms. The van der Waals surface area contributed by atoms with E-state index >= 15 is 0 Å². The lowest BCUT2D eigenvalue weighted by molar-refractivity contribution is -0.221. The summed E-state index contributed by atoms with van der Waals surface area (Å²) >= 11 is 0. The standard InChI is InChI=1S/C15H22O4/c1-8-5-4-6-10-7-15(18)11(9(2)13(17)19-15)12(16)14(8,10)3/h8,10,12,16,18H,4-7H2,1-3H3/t8-,10?,12+,14+,15-/m0/s1. The smallest absolute Gasteiger partial charge is 0.336 e. The second-order valence-electron chi connectivity index (χ2n) is 6.71. The molecule has 2 N–H and O–H groups in total. The van der Waals surface area contributed by atoms with Crippen molar-refractivity contribution in [1.29, 1.82) is 0 Å². The Kier molecular flexibility index (Phi) is 2.64. The monoisotopic (exact) mass is 266 g/mol. The average Bonchev–Trinajstić information content (AvgIpc) is 2.55. The van der Waals surface area contributed by atoms with Gasteiger partial charge in [0.05, 0.1) is 6.10 Å². The average molecular weight is 266 g/mol. The number of hydrogen-bond acceptors (Lipinski definition) is 4. The molecule has 1 aliphatic heterocycles. The third-order valence-corrected chi connectivity index (χ3v) is 5.91. The highest BCUT2D eigenvalue weighted by Crippen LogP contribution is 2.59. The molecule has 19 heavy (non-hydrogen) atoms. The van der Waals surface area contributed by atoms with Crippen LogP contribution in [0.15, 0.2) is 11.1 Å². The summed E-state index contributed by atoms with van der Waals surface area (Å²) in [6, 6.07) is 0. The van der Waals surface area contributed by atoms with E-state index in [9.17, 15) is 15.0 Å². The van der Waals surface area contributed by atoms with E-state index in [1.54, 1.807) is 6.92 Å². The first-order valence-corrected chi connectivity index (χ1v) is 7.15. The fraction of sp³-hybridized carbons (Fsp3) is 0.800. The van der Waals surface area contributed by atoms with Crippen molar-refractivity contribution < 1.29 is 19.7 Å². The normalized spacial score (nSPS) is 49.7. The van der Waals surface area contributed by atoms with Gasteiger partial charge in [-0.1, -0.05) is 26.7 Å². The molecule has 0 saturated heterocycles. The maximum absolute atomic E-state index is 11.7. The Morgan fingerprint density at radius 2 is 2.05 bits per heavy atom. The predicted octanol–water partition coefficient (Wildman–Crippen LogP) is 1.76. The zero-order valence-corrected chi connectivity index (χ0v) is 11.8. The molecule has 0 amide bonds. The Morgan fingerprint density at radius 1 is 1.37 bits per heavy atom. The zero-order valence-electron chi connectivity index (χ0n) is 11.8. The van der Waals surface area contributed by atoms with Gasteiger partial charge in [0.25, 0.3) is 0 Å². The van der Waals surface area contributed by atoms with Crippen LogP contribution in [0.1, 0.15) is 46.5 Å². The van der Waals surface area contributed by atoms with Crippen LogP contribution in [-0.4, -0.2) is 28.1 Å². The quantitative estimate of drug-likeness (QED) is 0.656. The van der Waals surface area contributed by atoms with Gasteiger partial charge in [0.1, 0.15) is 0 Å². The van der Waals surface area contributed by atoms with Crippen molar-refractivity contribution in [3.05, 3.63) is 11.1 Å². The van der Waals surface area contributed by atoms with Gasteiger partial charge in [0.15, 0.2) is 0 Å². The fourth-order valence-corrected chi connectivity index (χ4v) is 4.41. The molecule has 0 bridgehead atoms. The van der Waals surface area contributed by atoms with Crippen LogP contribution in [0.3, 0.4) is 0 Å². The van der Waals surface area contributed by atoms with E-state index in [1.807, 2.05) is 0 Å². The Labute approximate surface area is 113 Å². The van der Waals surface area contributed by atoms with E-state index in [0.717, 1.165) is 19.3 Å².